The van der Waals surface area contributed by atoms with Crippen LogP contribution in [0.4, 0.5) is 0 Å². The number of hydrogen-bond acceptors (Lipinski definition) is 5. The van der Waals surface area contributed by atoms with Crippen LogP contribution in [0.5, 0.6) is 0 Å². The third-order valence-corrected chi connectivity index (χ3v) is 3.07. The maximum atomic E-state index is 5.38. The summed E-state index contributed by atoms with van der Waals surface area (Å²) < 4.78 is 10.6. The van der Waals surface area contributed by atoms with E-state index in [1.165, 1.54) is 0 Å². The van der Waals surface area contributed by atoms with Crippen LogP contribution >= 0.6 is 0 Å². The second-order valence-electron chi connectivity index (χ2n) is 6.78. The van der Waals surface area contributed by atoms with Gasteiger partial charge < -0.3 is 19.9 Å². The molecule has 1 heterocycles. The first-order chi connectivity index (χ1) is 10.2. The lowest BCUT2D eigenvalue weighted by molar-refractivity contribution is 0.0268. The van der Waals surface area contributed by atoms with Crippen LogP contribution in [0.15, 0.2) is 9.52 Å². The van der Waals surface area contributed by atoms with Crippen molar-refractivity contribution in [1.82, 2.24) is 20.8 Å². The Balaban J connectivity index is 2.67. The highest BCUT2D eigenvalue weighted by molar-refractivity contribution is 5.79. The van der Waals surface area contributed by atoms with Crippen LogP contribution in [0.25, 0.3) is 0 Å². The minimum absolute atomic E-state index is 0.153. The van der Waals surface area contributed by atoms with Crippen molar-refractivity contribution in [2.24, 2.45) is 4.99 Å². The summed E-state index contributed by atoms with van der Waals surface area (Å²) in [5.41, 5.74) is -0.415. The van der Waals surface area contributed by atoms with Crippen molar-refractivity contribution in [3.8, 4) is 0 Å². The summed E-state index contributed by atoms with van der Waals surface area (Å²) in [6.45, 7) is 13.9. The number of rotatable bonds is 6. The van der Waals surface area contributed by atoms with Gasteiger partial charge in [0.2, 0.25) is 5.89 Å². The van der Waals surface area contributed by atoms with Gasteiger partial charge in [0, 0.05) is 25.6 Å². The first kappa shape index (κ1) is 18.4. The molecule has 1 aromatic heterocycles. The Kier molecular flexibility index (Phi) is 6.34. The Hall–Kier alpha value is -1.63. The number of aliphatic imine (C=N–C) groups is 1. The maximum Gasteiger partial charge on any atom is 0.232 e. The van der Waals surface area contributed by atoms with Crippen molar-refractivity contribution >= 4 is 5.96 Å². The van der Waals surface area contributed by atoms with Crippen molar-refractivity contribution in [3.63, 3.8) is 0 Å². The first-order valence-electron chi connectivity index (χ1n) is 7.58. The van der Waals surface area contributed by atoms with Gasteiger partial charge in [-0.15, -0.1) is 0 Å². The molecule has 0 amide bonds. The molecule has 0 aromatic carbocycles. The fraction of sp³-hybridized carbons (Fsp3) is 0.800. The molecule has 0 saturated carbocycles. The molecule has 1 aromatic rings. The molecule has 1 rings (SSSR count). The summed E-state index contributed by atoms with van der Waals surface area (Å²) in [5.74, 6) is 1.90. The highest BCUT2D eigenvalue weighted by atomic mass is 16.5. The van der Waals surface area contributed by atoms with E-state index in [1.54, 1.807) is 7.11 Å². The molecule has 7 nitrogen and oxygen atoms in total. The molecule has 0 aliphatic heterocycles. The smallest absolute Gasteiger partial charge is 0.232 e. The van der Waals surface area contributed by atoms with Crippen LogP contribution in [0.1, 0.15) is 53.3 Å². The van der Waals surface area contributed by atoms with E-state index in [-0.39, 0.29) is 11.0 Å². The molecule has 0 spiro atoms. The number of hydrogen-bond donors (Lipinski definition) is 2. The minimum Gasteiger partial charge on any atom is -0.377 e. The van der Waals surface area contributed by atoms with Crippen molar-refractivity contribution in [3.05, 3.63) is 11.7 Å². The van der Waals surface area contributed by atoms with Gasteiger partial charge in [0.1, 0.15) is 6.54 Å². The molecule has 0 unspecified atom stereocenters. The number of methoxy groups -OCH3 is 1. The van der Waals surface area contributed by atoms with Crippen molar-refractivity contribution in [2.75, 3.05) is 20.2 Å². The van der Waals surface area contributed by atoms with E-state index in [0.29, 0.717) is 30.8 Å². The van der Waals surface area contributed by atoms with E-state index in [9.17, 15) is 0 Å². The number of nitrogens with zero attached hydrogens (tertiary/aromatic N) is 3. The fourth-order valence-corrected chi connectivity index (χ4v) is 1.48. The van der Waals surface area contributed by atoms with Crippen molar-refractivity contribution in [1.29, 1.82) is 0 Å². The Morgan fingerprint density at radius 1 is 1.23 bits per heavy atom. The molecule has 0 radical (unpaired) electrons. The first-order valence-corrected chi connectivity index (χ1v) is 7.58. The zero-order valence-corrected chi connectivity index (χ0v) is 14.8. The van der Waals surface area contributed by atoms with E-state index >= 15 is 0 Å². The van der Waals surface area contributed by atoms with Gasteiger partial charge in [-0.2, -0.15) is 4.98 Å². The molecular weight excluding hydrogens is 282 g/mol. The number of aromatic nitrogens is 2. The molecule has 0 atom stereocenters. The Labute approximate surface area is 132 Å². The van der Waals surface area contributed by atoms with Crippen LogP contribution in [0, 0.1) is 0 Å². The van der Waals surface area contributed by atoms with E-state index in [1.807, 2.05) is 41.5 Å². The normalized spacial score (nSPS) is 13.3. The zero-order valence-electron chi connectivity index (χ0n) is 14.8. The fourth-order valence-electron chi connectivity index (χ4n) is 1.48. The highest BCUT2D eigenvalue weighted by Crippen LogP contribution is 2.19. The monoisotopic (exact) mass is 311 g/mol. The Morgan fingerprint density at radius 2 is 1.91 bits per heavy atom. The summed E-state index contributed by atoms with van der Waals surface area (Å²) >= 11 is 0. The predicted molar refractivity (Wildman–Crippen MR) is 86.9 cm³/mol. The van der Waals surface area contributed by atoms with E-state index < -0.39 is 0 Å². The molecule has 22 heavy (non-hydrogen) atoms. The quantitative estimate of drug-likeness (QED) is 0.616. The number of ether oxygens (including phenoxy) is 1. The highest BCUT2D eigenvalue weighted by Gasteiger charge is 2.21. The van der Waals surface area contributed by atoms with E-state index in [4.69, 9.17) is 9.26 Å². The molecule has 0 bridgehead atoms. The van der Waals surface area contributed by atoms with Gasteiger partial charge in [-0.25, -0.2) is 4.99 Å². The van der Waals surface area contributed by atoms with Crippen molar-refractivity contribution in [2.45, 2.75) is 59.1 Å². The van der Waals surface area contributed by atoms with Gasteiger partial charge in [0.05, 0.1) is 5.60 Å². The Morgan fingerprint density at radius 3 is 2.41 bits per heavy atom. The summed E-state index contributed by atoms with van der Waals surface area (Å²) in [6.07, 6.45) is 0. The molecule has 7 heteroatoms. The van der Waals surface area contributed by atoms with Crippen LogP contribution in [-0.2, 0) is 16.7 Å². The minimum atomic E-state index is -0.262. The third-order valence-electron chi connectivity index (χ3n) is 3.07. The number of nitrogens with one attached hydrogen (secondary N) is 2. The van der Waals surface area contributed by atoms with Crippen molar-refractivity contribution < 1.29 is 9.26 Å². The van der Waals surface area contributed by atoms with Gasteiger partial charge in [0.15, 0.2) is 11.8 Å². The molecular formula is C15H29N5O2. The largest absolute Gasteiger partial charge is 0.377 e. The average Bonchev–Trinajstić information content (AvgIpc) is 2.91. The lowest BCUT2D eigenvalue weighted by Crippen LogP contribution is -2.45. The molecule has 0 fully saturated rings. The lowest BCUT2D eigenvalue weighted by Gasteiger charge is -2.24. The summed E-state index contributed by atoms with van der Waals surface area (Å²) in [5, 5.41) is 10.4. The average molecular weight is 311 g/mol. The summed E-state index contributed by atoms with van der Waals surface area (Å²) in [4.78, 5) is 8.84. The second kappa shape index (κ2) is 7.58. The zero-order chi connectivity index (χ0) is 16.8. The maximum absolute atomic E-state index is 5.38. The molecule has 2 N–H and O–H groups in total. The lowest BCUT2D eigenvalue weighted by atomic mass is 9.97. The van der Waals surface area contributed by atoms with E-state index in [0.717, 1.165) is 6.54 Å². The third kappa shape index (κ3) is 6.01. The van der Waals surface area contributed by atoms with Gasteiger partial charge in [-0.05, 0) is 20.8 Å². The standard InChI is InChI=1S/C15H29N5O2/c1-8-16-13(18-10-15(5,6)21-7)17-9-11-19-12(22-20-11)14(2,3)4/h8-10H2,1-7H3,(H2,16,17,18). The van der Waals surface area contributed by atoms with Gasteiger partial charge in [-0.3, -0.25) is 0 Å². The molecule has 0 saturated heterocycles. The molecule has 0 aliphatic carbocycles. The van der Waals surface area contributed by atoms with E-state index in [2.05, 4.69) is 25.8 Å². The summed E-state index contributed by atoms with van der Waals surface area (Å²) in [7, 11) is 1.69. The number of guanidine groups is 1. The van der Waals surface area contributed by atoms with Crippen LogP contribution in [-0.4, -0.2) is 41.9 Å². The van der Waals surface area contributed by atoms with Gasteiger partial charge in [-0.1, -0.05) is 25.9 Å². The van der Waals surface area contributed by atoms with Crippen LogP contribution in [0.3, 0.4) is 0 Å². The van der Waals surface area contributed by atoms with Crippen LogP contribution < -0.4 is 10.6 Å². The van der Waals surface area contributed by atoms with Gasteiger partial charge in [0.25, 0.3) is 0 Å². The summed E-state index contributed by atoms with van der Waals surface area (Å²) in [6, 6.07) is 0. The topological polar surface area (TPSA) is 84.6 Å². The second-order valence-corrected chi connectivity index (χ2v) is 6.78. The van der Waals surface area contributed by atoms with Gasteiger partial charge >= 0.3 is 0 Å². The SMILES string of the molecule is CCNC(=NCc1noc(C(C)(C)C)n1)NCC(C)(C)OC. The molecule has 0 aliphatic rings. The molecule has 126 valence electrons. The van der Waals surface area contributed by atoms with Crippen LogP contribution in [0.2, 0.25) is 0 Å². The predicted octanol–water partition coefficient (Wildman–Crippen LogP) is 1.85. The Bertz CT molecular complexity index is 488.